The number of carbonyl (C=O) groups is 2. The number of ether oxygens (including phenoxy) is 1. The maximum absolute atomic E-state index is 13.3. The molecule has 0 saturated heterocycles. The lowest BCUT2D eigenvalue weighted by Gasteiger charge is -2.25. The number of fused-ring (bicyclic) bond motifs is 1. The molecule has 3 N–H and O–H groups in total. The van der Waals surface area contributed by atoms with Gasteiger partial charge in [0, 0.05) is 24.5 Å². The molecule has 1 heterocycles. The van der Waals surface area contributed by atoms with E-state index in [-0.39, 0.29) is 23.4 Å². The summed E-state index contributed by atoms with van der Waals surface area (Å²) < 4.78 is 7.68. The number of hydrogen-bond donors (Lipinski definition) is 3. The number of hydrogen-bond acceptors (Lipinski definition) is 4. The first-order valence-electron chi connectivity index (χ1n) is 10.1. The largest absolute Gasteiger partial charge is 0.491 e. The number of nitrogens with one attached hydrogen (secondary N) is 2. The molecule has 0 fully saturated rings. The highest BCUT2D eigenvalue weighted by Crippen LogP contribution is 2.32. The number of carbonyl (C=O) groups excluding carboxylic acids is 1. The van der Waals surface area contributed by atoms with E-state index in [9.17, 15) is 14.4 Å². The Bertz CT molecular complexity index is 989. The van der Waals surface area contributed by atoms with Crippen LogP contribution in [-0.2, 0) is 17.9 Å². The van der Waals surface area contributed by atoms with Crippen LogP contribution in [0, 0.1) is 5.41 Å². The summed E-state index contributed by atoms with van der Waals surface area (Å²) in [4.78, 5) is 36.0. The van der Waals surface area contributed by atoms with Gasteiger partial charge in [0.25, 0.3) is 5.56 Å². The predicted molar refractivity (Wildman–Crippen MR) is 117 cm³/mol. The lowest BCUT2D eigenvalue weighted by Crippen LogP contribution is -2.33. The molecule has 0 unspecified atom stereocenters. The number of pyridine rings is 1. The third-order valence-corrected chi connectivity index (χ3v) is 4.43. The summed E-state index contributed by atoms with van der Waals surface area (Å²) >= 11 is 0. The normalized spacial score (nSPS) is 11.4. The average Bonchev–Trinajstić information content (AvgIpc) is 2.62. The molecule has 0 aliphatic carbocycles. The highest BCUT2D eigenvalue weighted by molar-refractivity contribution is 5.95. The Morgan fingerprint density at radius 2 is 1.90 bits per heavy atom. The molecule has 0 saturated carbocycles. The number of aromatic nitrogens is 1. The van der Waals surface area contributed by atoms with Crippen LogP contribution in [0.4, 0.5) is 10.5 Å². The molecule has 1 aromatic carbocycles. The van der Waals surface area contributed by atoms with Crippen LogP contribution in [0.1, 0.15) is 53.2 Å². The van der Waals surface area contributed by atoms with E-state index in [4.69, 9.17) is 9.84 Å². The molecule has 0 radical (unpaired) electrons. The summed E-state index contributed by atoms with van der Waals surface area (Å²) in [5.74, 6) is 0.236. The number of amides is 2. The first-order chi connectivity index (χ1) is 14.0. The van der Waals surface area contributed by atoms with Crippen LogP contribution in [0.5, 0.6) is 5.75 Å². The smallest absolute Gasteiger partial charge is 0.404 e. The van der Waals surface area contributed by atoms with E-state index in [2.05, 4.69) is 10.6 Å². The fraction of sp³-hybridized carbons (Fsp3) is 0.500. The van der Waals surface area contributed by atoms with Crippen molar-refractivity contribution in [1.82, 2.24) is 9.88 Å². The molecule has 0 aliphatic rings. The second kappa shape index (κ2) is 9.65. The number of rotatable bonds is 8. The molecule has 164 valence electrons. The van der Waals surface area contributed by atoms with Crippen molar-refractivity contribution in [1.29, 1.82) is 0 Å². The van der Waals surface area contributed by atoms with Crippen LogP contribution in [0.25, 0.3) is 10.8 Å². The third kappa shape index (κ3) is 5.98. The zero-order valence-corrected chi connectivity index (χ0v) is 18.3. The van der Waals surface area contributed by atoms with Gasteiger partial charge in [0.2, 0.25) is 5.91 Å². The van der Waals surface area contributed by atoms with Crippen molar-refractivity contribution in [2.75, 3.05) is 11.9 Å². The van der Waals surface area contributed by atoms with Gasteiger partial charge >= 0.3 is 6.09 Å². The number of unbranched alkanes of at least 4 members (excludes halogenated alkanes) is 1. The van der Waals surface area contributed by atoms with E-state index >= 15 is 0 Å². The van der Waals surface area contributed by atoms with Crippen LogP contribution in [0.3, 0.4) is 0 Å². The minimum Gasteiger partial charge on any atom is -0.491 e. The zero-order chi connectivity index (χ0) is 22.5. The van der Waals surface area contributed by atoms with Crippen molar-refractivity contribution in [2.24, 2.45) is 5.41 Å². The van der Waals surface area contributed by atoms with Crippen LogP contribution in [0.2, 0.25) is 0 Å². The Morgan fingerprint density at radius 1 is 1.20 bits per heavy atom. The summed E-state index contributed by atoms with van der Waals surface area (Å²) in [6.45, 7) is 10.2. The number of anilines is 1. The minimum absolute atomic E-state index is 0.0670. The van der Waals surface area contributed by atoms with Crippen molar-refractivity contribution >= 4 is 28.5 Å². The molecular formula is C22H31N3O5. The minimum atomic E-state index is -1.18. The van der Waals surface area contributed by atoms with Gasteiger partial charge < -0.3 is 25.0 Å². The van der Waals surface area contributed by atoms with Crippen LogP contribution in [0.15, 0.2) is 23.0 Å². The maximum atomic E-state index is 13.3. The van der Waals surface area contributed by atoms with Gasteiger partial charge in [-0.05, 0) is 30.0 Å². The Labute approximate surface area is 176 Å². The van der Waals surface area contributed by atoms with Gasteiger partial charge in [0.15, 0.2) is 0 Å². The summed E-state index contributed by atoms with van der Waals surface area (Å²) in [6, 6.07) is 5.05. The first-order valence-corrected chi connectivity index (χ1v) is 10.1. The Hall–Kier alpha value is -3.03. The summed E-state index contributed by atoms with van der Waals surface area (Å²) in [5, 5.41) is 15.2. The summed E-state index contributed by atoms with van der Waals surface area (Å²) in [5.41, 5.74) is 0.576. The molecule has 8 nitrogen and oxygen atoms in total. The number of nitrogens with zero attached hydrogens (tertiary/aromatic N) is 1. The molecule has 30 heavy (non-hydrogen) atoms. The Kier molecular flexibility index (Phi) is 7.48. The van der Waals surface area contributed by atoms with E-state index in [1.807, 2.05) is 27.7 Å². The van der Waals surface area contributed by atoms with Crippen LogP contribution in [-0.4, -0.2) is 28.3 Å². The average molecular weight is 418 g/mol. The predicted octanol–water partition coefficient (Wildman–Crippen LogP) is 3.95. The van der Waals surface area contributed by atoms with Crippen LogP contribution < -0.4 is 20.9 Å². The second-order valence-corrected chi connectivity index (χ2v) is 8.53. The quantitative estimate of drug-likeness (QED) is 0.563. The van der Waals surface area contributed by atoms with Crippen molar-refractivity contribution in [3.63, 3.8) is 0 Å². The molecule has 0 aliphatic heterocycles. The summed E-state index contributed by atoms with van der Waals surface area (Å²) in [7, 11) is 0. The Morgan fingerprint density at radius 3 is 2.47 bits per heavy atom. The van der Waals surface area contributed by atoms with Crippen molar-refractivity contribution in [2.45, 2.75) is 60.5 Å². The molecule has 2 aromatic rings. The number of carboxylic acid groups (broad SMARTS) is 1. The van der Waals surface area contributed by atoms with E-state index in [1.54, 1.807) is 22.8 Å². The van der Waals surface area contributed by atoms with Gasteiger partial charge in [-0.1, -0.05) is 34.1 Å². The standard InChI is InChI=1S/C22H31N3O5/c1-6-7-10-30-19-17-11-15(24-14(2)26)8-9-16(17)20(27)25(13-22(3,4)5)18(19)12-23-21(28)29/h8-9,11,23H,6-7,10,12-13H2,1-5H3,(H,24,26)(H,28,29). The van der Waals surface area contributed by atoms with Gasteiger partial charge in [-0.3, -0.25) is 9.59 Å². The van der Waals surface area contributed by atoms with Crippen LogP contribution >= 0.6 is 0 Å². The third-order valence-electron chi connectivity index (χ3n) is 4.43. The van der Waals surface area contributed by atoms with E-state index < -0.39 is 6.09 Å². The zero-order valence-electron chi connectivity index (χ0n) is 18.3. The second-order valence-electron chi connectivity index (χ2n) is 8.53. The molecule has 1 aromatic heterocycles. The summed E-state index contributed by atoms with van der Waals surface area (Å²) in [6.07, 6.45) is 0.563. The van der Waals surface area contributed by atoms with Gasteiger partial charge in [0.1, 0.15) is 5.75 Å². The van der Waals surface area contributed by atoms with E-state index in [1.165, 1.54) is 6.92 Å². The van der Waals surface area contributed by atoms with Gasteiger partial charge in [-0.25, -0.2) is 4.79 Å². The van der Waals surface area contributed by atoms with Crippen molar-refractivity contribution < 1.29 is 19.4 Å². The highest BCUT2D eigenvalue weighted by atomic mass is 16.5. The lowest BCUT2D eigenvalue weighted by molar-refractivity contribution is -0.114. The maximum Gasteiger partial charge on any atom is 0.404 e. The molecule has 0 atom stereocenters. The molecule has 2 amide bonds. The molecule has 2 rings (SSSR count). The molecule has 0 bridgehead atoms. The molecule has 0 spiro atoms. The fourth-order valence-electron chi connectivity index (χ4n) is 3.20. The van der Waals surface area contributed by atoms with Gasteiger partial charge in [-0.15, -0.1) is 0 Å². The SMILES string of the molecule is CCCCOc1c(CNC(=O)O)n(CC(C)(C)C)c(=O)c2ccc(NC(C)=O)cc12. The van der Waals surface area contributed by atoms with Gasteiger partial charge in [0.05, 0.1) is 24.2 Å². The van der Waals surface area contributed by atoms with E-state index in [0.29, 0.717) is 41.1 Å². The lowest BCUT2D eigenvalue weighted by atomic mass is 9.96. The molecule has 8 heteroatoms. The highest BCUT2D eigenvalue weighted by Gasteiger charge is 2.22. The van der Waals surface area contributed by atoms with Crippen molar-refractivity contribution in [3.05, 3.63) is 34.2 Å². The Balaban J connectivity index is 2.79. The number of benzene rings is 1. The van der Waals surface area contributed by atoms with Crippen molar-refractivity contribution in [3.8, 4) is 5.75 Å². The first kappa shape index (κ1) is 23.3. The fourth-order valence-corrected chi connectivity index (χ4v) is 3.20. The van der Waals surface area contributed by atoms with E-state index in [0.717, 1.165) is 12.8 Å². The van der Waals surface area contributed by atoms with Gasteiger partial charge in [-0.2, -0.15) is 0 Å². The monoisotopic (exact) mass is 417 g/mol. The topological polar surface area (TPSA) is 110 Å². The molecular weight excluding hydrogens is 386 g/mol.